The second kappa shape index (κ2) is 37.5. The number of carbonyl (C=O) groups excluding carboxylic acids is 3. The molecule has 0 saturated carbocycles. The monoisotopic (exact) mass is 1610 g/mol. The van der Waals surface area contributed by atoms with E-state index < -0.39 is 17.9 Å². The van der Waals surface area contributed by atoms with Crippen molar-refractivity contribution in [3.8, 4) is 106 Å². The van der Waals surface area contributed by atoms with E-state index in [4.69, 9.17) is 14.2 Å². The number of allylic oxidation sites excluding steroid dienone is 6. The van der Waals surface area contributed by atoms with Gasteiger partial charge in [0.2, 0.25) is 0 Å². The van der Waals surface area contributed by atoms with Gasteiger partial charge in [0.15, 0.2) is 0 Å². The largest absolute Gasteiger partial charge is 0.465 e. The summed E-state index contributed by atoms with van der Waals surface area (Å²) in [6.45, 7) is 12.1. The number of methoxy groups -OCH3 is 3. The molecule has 124 heavy (non-hydrogen) atoms. The average molecular weight is 1610 g/mol. The minimum atomic E-state index is -0.665. The van der Waals surface area contributed by atoms with Crippen molar-refractivity contribution >= 4 is 85.1 Å². The number of fused-ring (bicyclic) bond motifs is 3. The van der Waals surface area contributed by atoms with Crippen LogP contribution >= 0.6 is 0 Å². The molecule has 0 spiro atoms. The summed E-state index contributed by atoms with van der Waals surface area (Å²) < 4.78 is 16.2. The number of nitriles is 12. The van der Waals surface area contributed by atoms with Crippen molar-refractivity contribution < 1.29 is 28.6 Å². The Morgan fingerprint density at radius 1 is 0.258 bits per heavy atom. The third-order valence-electron chi connectivity index (χ3n) is 21.6. The van der Waals surface area contributed by atoms with Crippen LogP contribution in [0.1, 0.15) is 140 Å². The molecular formula is C105H69N13O6. The summed E-state index contributed by atoms with van der Waals surface area (Å²) in [6, 6.07) is 92.1. The van der Waals surface area contributed by atoms with Crippen molar-refractivity contribution in [2.24, 2.45) is 0 Å². The third-order valence-corrected chi connectivity index (χ3v) is 21.6. The average Bonchev–Trinajstić information content (AvgIpc) is 1.77. The van der Waals surface area contributed by atoms with Crippen molar-refractivity contribution in [3.05, 3.63) is 351 Å². The first-order valence-corrected chi connectivity index (χ1v) is 38.8. The Kier molecular flexibility index (Phi) is 25.8. The van der Waals surface area contributed by atoms with Crippen LogP contribution in [0.15, 0.2) is 253 Å². The molecule has 0 heterocycles. The second-order valence-corrected chi connectivity index (χ2v) is 29.4. The van der Waals surface area contributed by atoms with E-state index in [1.54, 1.807) is 164 Å². The van der Waals surface area contributed by atoms with Gasteiger partial charge in [-0.05, 0) is 188 Å². The number of nitrogens with zero attached hydrogens (tertiary/aromatic N) is 13. The number of carbonyl (C=O) groups is 3. The SMILES string of the molecule is COC(=O)c1cc(C(C(=C(C#N)C#N)c2ccc(N(c3ccc(C(=C(C#N)C#N)C(c4cc(C(=O)OC)c5cc(C(C)C)cccc4-5)=c4ccc(=C(C#N)C#N)cc4)cc3)c3ccc(C(=C(C#N)C#N)C(c4cc(C(=O)OC)c5cc(C(C)C)cccc4-5)=c4ccc(=C(C#N)C#N)cc4)cc3)cc2)=c2ccc(=C(C#N)C#N)cc2)c2cccc(C(C)C)cc1-2. The fraction of sp³-hybridized carbons (Fsp3) is 0.114. The second-order valence-electron chi connectivity index (χ2n) is 29.4. The molecule has 19 nitrogen and oxygen atoms in total. The number of ether oxygens (including phenoxy) is 3. The van der Waals surface area contributed by atoms with Gasteiger partial charge in [0.1, 0.15) is 106 Å². The van der Waals surface area contributed by atoms with E-state index in [0.29, 0.717) is 116 Å². The van der Waals surface area contributed by atoms with E-state index >= 15 is 0 Å². The summed E-state index contributed by atoms with van der Waals surface area (Å²) in [7, 11) is 3.79. The first-order valence-electron chi connectivity index (χ1n) is 38.8. The summed E-state index contributed by atoms with van der Waals surface area (Å²) in [4.78, 5) is 44.1. The normalized spacial score (nSPS) is 10.4. The molecule has 590 valence electrons. The molecule has 6 aliphatic carbocycles. The highest BCUT2D eigenvalue weighted by atomic mass is 16.5. The zero-order valence-electron chi connectivity index (χ0n) is 68.5. The molecule has 0 fully saturated rings. The van der Waals surface area contributed by atoms with E-state index in [1.807, 2.05) is 156 Å². The van der Waals surface area contributed by atoms with Crippen molar-refractivity contribution in [1.29, 1.82) is 63.1 Å². The molecule has 0 saturated heterocycles. The summed E-state index contributed by atoms with van der Waals surface area (Å²) in [5.41, 5.74) is 9.54. The highest BCUT2D eigenvalue weighted by Crippen LogP contribution is 2.48. The number of benzene rings is 6. The van der Waals surface area contributed by atoms with Crippen LogP contribution in [0.25, 0.3) is 83.5 Å². The Bertz CT molecular complexity index is 6610. The lowest BCUT2D eigenvalue weighted by Crippen LogP contribution is -2.15. The number of rotatable bonds is 18. The standard InChI is InChI=1S/C105H69N13O6/c1-61(2)73-13-10-16-85-88(43-73)94(103(119)122-7)46-91(85)100(70-25-19-64(20-26-70)76(49-106)50-107)97(79(55-112)56-113)67-31-37-82(38-32-67)118(83-39-33-68(34-40-83)98(80(57-114)58-115)101(71-27-21-65(22-28-71)77(51-108)52-109)92-47-95(104(120)123-8)89-44-74(62(3)4)14-11-17-86(89)92)84-41-35-69(36-42-84)99(81(59-116)60-117)102(72-29-23-66(24-30-72)78(53-110)54-111)93-48-96(105(121)124-9)90-45-75(63(5)6)15-12-18-87(90)93/h10-48,61-63H,1-9H3. The lowest BCUT2D eigenvalue weighted by atomic mass is 9.86. The van der Waals surface area contributed by atoms with E-state index in [9.17, 15) is 77.5 Å². The first kappa shape index (κ1) is 85.3. The third kappa shape index (κ3) is 16.6. The lowest BCUT2D eigenvalue weighted by Gasteiger charge is -2.27. The zero-order chi connectivity index (χ0) is 88.7. The van der Waals surface area contributed by atoms with Gasteiger partial charge in [0.25, 0.3) is 0 Å². The molecule has 6 aromatic carbocycles. The molecule has 0 aromatic heterocycles. The summed E-state index contributed by atoms with van der Waals surface area (Å²) in [5.74, 6) is -2.00. The minimum absolute atomic E-state index is 0.000658. The fourth-order valence-corrected chi connectivity index (χ4v) is 15.3. The van der Waals surface area contributed by atoms with Crippen molar-refractivity contribution in [2.75, 3.05) is 26.2 Å². The Morgan fingerprint density at radius 2 is 0.476 bits per heavy atom. The minimum Gasteiger partial charge on any atom is -0.465 e. The van der Waals surface area contributed by atoms with Gasteiger partial charge in [-0.3, -0.25) is 0 Å². The van der Waals surface area contributed by atoms with E-state index in [1.165, 1.54) is 21.3 Å². The van der Waals surface area contributed by atoms with Crippen LogP contribution in [0.2, 0.25) is 0 Å². The maximum Gasteiger partial charge on any atom is 0.338 e. The zero-order valence-corrected chi connectivity index (χ0v) is 68.5. The van der Waals surface area contributed by atoms with Gasteiger partial charge in [-0.1, -0.05) is 224 Å². The number of hydrogen-bond donors (Lipinski definition) is 0. The van der Waals surface area contributed by atoms with E-state index in [0.717, 1.165) is 16.7 Å². The molecular weight excluding hydrogens is 1540 g/mol. The van der Waals surface area contributed by atoms with Crippen molar-refractivity contribution in [1.82, 2.24) is 0 Å². The van der Waals surface area contributed by atoms with Gasteiger partial charge in [-0.2, -0.15) is 63.1 Å². The van der Waals surface area contributed by atoms with Gasteiger partial charge >= 0.3 is 17.9 Å². The highest BCUT2D eigenvalue weighted by molar-refractivity contribution is 6.17. The molecule has 0 unspecified atom stereocenters. The maximum atomic E-state index is 14.1. The molecule has 0 radical (unpaired) electrons. The summed E-state index contributed by atoms with van der Waals surface area (Å²) in [6.07, 6.45) is 0. The van der Waals surface area contributed by atoms with Crippen LogP contribution in [-0.2, 0) is 14.2 Å². The predicted octanol–water partition coefficient (Wildman–Crippen LogP) is 16.9. The molecule has 6 aromatic rings. The molecule has 19 heteroatoms. The smallest absolute Gasteiger partial charge is 0.338 e. The van der Waals surface area contributed by atoms with E-state index in [-0.39, 0.29) is 100 Å². The Morgan fingerprint density at radius 3 is 0.669 bits per heavy atom. The van der Waals surface area contributed by atoms with Crippen LogP contribution in [0.5, 0.6) is 0 Å². The predicted molar refractivity (Wildman–Crippen MR) is 470 cm³/mol. The van der Waals surface area contributed by atoms with Gasteiger partial charge in [-0.15, -0.1) is 0 Å². The van der Waals surface area contributed by atoms with Crippen LogP contribution in [0, 0.1) is 136 Å². The van der Waals surface area contributed by atoms with E-state index in [2.05, 4.69) is 36.4 Å². The molecule has 6 aliphatic rings. The highest BCUT2D eigenvalue weighted by Gasteiger charge is 2.33. The maximum absolute atomic E-state index is 14.1. The fourth-order valence-electron chi connectivity index (χ4n) is 15.3. The van der Waals surface area contributed by atoms with Gasteiger partial charge in [0, 0.05) is 49.4 Å². The molecule has 0 atom stereocenters. The summed E-state index contributed by atoms with van der Waals surface area (Å²) >= 11 is 0. The van der Waals surface area contributed by atoms with Gasteiger partial charge in [0.05, 0.1) is 38.0 Å². The topological polar surface area (TPSA) is 368 Å². The molecule has 0 bridgehead atoms. The summed E-state index contributed by atoms with van der Waals surface area (Å²) in [5, 5.41) is 130. The van der Waals surface area contributed by atoms with Crippen LogP contribution < -0.4 is 36.2 Å². The van der Waals surface area contributed by atoms with Crippen molar-refractivity contribution in [2.45, 2.75) is 59.3 Å². The van der Waals surface area contributed by atoms with Crippen LogP contribution in [0.4, 0.5) is 17.1 Å². The number of anilines is 3. The van der Waals surface area contributed by atoms with Crippen LogP contribution in [0.3, 0.4) is 0 Å². The van der Waals surface area contributed by atoms with Gasteiger partial charge < -0.3 is 19.1 Å². The lowest BCUT2D eigenvalue weighted by molar-refractivity contribution is 0.0593. The molecule has 0 aliphatic heterocycles. The first-order chi connectivity index (χ1) is 60.1. The quantitative estimate of drug-likeness (QED) is 0.0437. The Hall–Kier alpha value is -18.1. The number of esters is 3. The molecule has 0 amide bonds. The number of hydrogen-bond acceptors (Lipinski definition) is 19. The van der Waals surface area contributed by atoms with Crippen LogP contribution in [-0.4, -0.2) is 39.2 Å². The Labute approximate surface area is 715 Å². The van der Waals surface area contributed by atoms with Gasteiger partial charge in [-0.25, -0.2) is 14.4 Å². The molecule has 0 N–H and O–H groups in total. The van der Waals surface area contributed by atoms with Crippen molar-refractivity contribution in [3.63, 3.8) is 0 Å². The molecule has 12 rings (SSSR count). The Balaban J connectivity index is 1.15.